The van der Waals surface area contributed by atoms with Gasteiger partial charge in [-0.3, -0.25) is 24.3 Å². The lowest BCUT2D eigenvalue weighted by molar-refractivity contribution is -0.129. The fourth-order valence-corrected chi connectivity index (χ4v) is 5.06. The Kier molecular flexibility index (Phi) is 5.88. The Morgan fingerprint density at radius 1 is 1.14 bits per heavy atom. The number of hydrogen-bond donors (Lipinski definition) is 2. The van der Waals surface area contributed by atoms with Gasteiger partial charge in [-0.2, -0.15) is 0 Å². The van der Waals surface area contributed by atoms with Crippen molar-refractivity contribution in [2.75, 3.05) is 37.6 Å². The molecule has 4 amide bonds. The highest BCUT2D eigenvalue weighted by Gasteiger charge is 2.61. The van der Waals surface area contributed by atoms with Gasteiger partial charge in [-0.25, -0.2) is 4.79 Å². The maximum Gasteiger partial charge on any atom is 0.414 e. The van der Waals surface area contributed by atoms with E-state index in [1.165, 1.54) is 13.1 Å². The van der Waals surface area contributed by atoms with Crippen LogP contribution in [0.3, 0.4) is 0 Å². The number of rotatable bonds is 7. The summed E-state index contributed by atoms with van der Waals surface area (Å²) in [5.41, 5.74) is 2.23. The van der Waals surface area contributed by atoms with E-state index >= 15 is 0 Å². The number of piperidine rings is 1. The van der Waals surface area contributed by atoms with E-state index in [9.17, 15) is 19.2 Å². The molecular formula is C25H27N5O5. The Morgan fingerprint density at radius 2 is 1.94 bits per heavy atom. The van der Waals surface area contributed by atoms with Crippen molar-refractivity contribution in [1.29, 1.82) is 0 Å². The van der Waals surface area contributed by atoms with Gasteiger partial charge in [0.15, 0.2) is 0 Å². The van der Waals surface area contributed by atoms with Crippen molar-refractivity contribution < 1.29 is 23.9 Å². The van der Waals surface area contributed by atoms with Crippen LogP contribution in [0, 0.1) is 5.92 Å². The van der Waals surface area contributed by atoms with Crippen LogP contribution in [0.15, 0.2) is 48.8 Å². The van der Waals surface area contributed by atoms with Crippen LogP contribution >= 0.6 is 0 Å². The van der Waals surface area contributed by atoms with Crippen LogP contribution in [0.4, 0.5) is 10.5 Å². The third-order valence-corrected chi connectivity index (χ3v) is 7.03. The molecule has 1 aromatic heterocycles. The van der Waals surface area contributed by atoms with Crippen LogP contribution < -0.4 is 15.5 Å². The Morgan fingerprint density at radius 3 is 2.66 bits per heavy atom. The van der Waals surface area contributed by atoms with Crippen molar-refractivity contribution in [3.63, 3.8) is 0 Å². The number of nitrogens with one attached hydrogen (secondary N) is 2. The Labute approximate surface area is 202 Å². The summed E-state index contributed by atoms with van der Waals surface area (Å²) in [5, 5.41) is 5.35. The lowest BCUT2D eigenvalue weighted by Gasteiger charge is -2.22. The molecule has 3 aliphatic rings. The number of likely N-dealkylation sites (tertiary alicyclic amines) is 1. The van der Waals surface area contributed by atoms with Crippen LogP contribution in [-0.2, 0) is 19.7 Å². The first-order valence-corrected chi connectivity index (χ1v) is 11.6. The number of ether oxygens (including phenoxy) is 1. The van der Waals surface area contributed by atoms with Gasteiger partial charge in [0.2, 0.25) is 11.8 Å². The minimum Gasteiger partial charge on any atom is -0.442 e. The van der Waals surface area contributed by atoms with Crippen molar-refractivity contribution in [3.05, 3.63) is 59.9 Å². The molecule has 5 rings (SSSR count). The number of cyclic esters (lactones) is 1. The predicted molar refractivity (Wildman–Crippen MR) is 126 cm³/mol. The van der Waals surface area contributed by atoms with Gasteiger partial charge in [-0.15, -0.1) is 0 Å². The molecule has 2 N–H and O–H groups in total. The highest BCUT2D eigenvalue weighted by Crippen LogP contribution is 2.59. The normalized spacial score (nSPS) is 24.5. The monoisotopic (exact) mass is 477 g/mol. The summed E-state index contributed by atoms with van der Waals surface area (Å²) < 4.78 is 5.34. The second-order valence-corrected chi connectivity index (χ2v) is 9.36. The Balaban J connectivity index is 1.17. The van der Waals surface area contributed by atoms with E-state index in [-0.39, 0.29) is 42.3 Å². The zero-order valence-electron chi connectivity index (χ0n) is 19.4. The number of carbonyl (C=O) groups excluding carboxylic acids is 4. The van der Waals surface area contributed by atoms with Gasteiger partial charge in [0.1, 0.15) is 6.10 Å². The van der Waals surface area contributed by atoms with Crippen LogP contribution in [0.1, 0.15) is 29.3 Å². The fraction of sp³-hybridized carbons (Fsp3) is 0.400. The summed E-state index contributed by atoms with van der Waals surface area (Å²) in [6, 6.07) is 11.2. The lowest BCUT2D eigenvalue weighted by atomic mass is 9.94. The van der Waals surface area contributed by atoms with E-state index in [0.717, 1.165) is 17.7 Å². The van der Waals surface area contributed by atoms with Gasteiger partial charge in [-0.05, 0) is 42.2 Å². The molecule has 10 heteroatoms. The molecule has 0 spiro atoms. The third-order valence-electron chi connectivity index (χ3n) is 7.03. The zero-order chi connectivity index (χ0) is 24.6. The summed E-state index contributed by atoms with van der Waals surface area (Å²) >= 11 is 0. The lowest BCUT2D eigenvalue weighted by Crippen LogP contribution is -2.40. The number of carbonyl (C=O) groups is 4. The number of pyridine rings is 1. The summed E-state index contributed by atoms with van der Waals surface area (Å²) in [5.74, 6) is -0.191. The number of amides is 4. The molecule has 35 heavy (non-hydrogen) atoms. The molecule has 1 aliphatic carbocycles. The number of benzene rings is 1. The van der Waals surface area contributed by atoms with E-state index < -0.39 is 6.09 Å². The molecule has 2 saturated heterocycles. The molecular weight excluding hydrogens is 450 g/mol. The minimum absolute atomic E-state index is 0.0494. The highest BCUT2D eigenvalue weighted by molar-refractivity contribution is 5.96. The average molecular weight is 478 g/mol. The summed E-state index contributed by atoms with van der Waals surface area (Å²) in [6.45, 7) is 3.32. The van der Waals surface area contributed by atoms with Gasteiger partial charge in [0.25, 0.3) is 5.91 Å². The van der Waals surface area contributed by atoms with Crippen molar-refractivity contribution in [2.24, 2.45) is 5.92 Å². The average Bonchev–Trinajstić information content (AvgIpc) is 3.23. The smallest absolute Gasteiger partial charge is 0.414 e. The molecule has 10 nitrogen and oxygen atoms in total. The number of anilines is 1. The van der Waals surface area contributed by atoms with E-state index in [2.05, 4.69) is 15.6 Å². The van der Waals surface area contributed by atoms with Crippen LogP contribution in [0.2, 0.25) is 0 Å². The number of hydrogen-bond acceptors (Lipinski definition) is 6. The van der Waals surface area contributed by atoms with E-state index in [1.54, 1.807) is 23.2 Å². The largest absolute Gasteiger partial charge is 0.442 e. The van der Waals surface area contributed by atoms with Gasteiger partial charge in [0, 0.05) is 43.5 Å². The number of fused-ring (bicyclic) bond motifs is 1. The topological polar surface area (TPSA) is 121 Å². The Bertz CT molecular complexity index is 1150. The first-order valence-electron chi connectivity index (χ1n) is 11.6. The summed E-state index contributed by atoms with van der Waals surface area (Å²) in [7, 11) is 0. The van der Waals surface area contributed by atoms with Gasteiger partial charge in [0.05, 0.1) is 25.2 Å². The zero-order valence-corrected chi connectivity index (χ0v) is 19.4. The molecule has 3 unspecified atom stereocenters. The summed E-state index contributed by atoms with van der Waals surface area (Å²) in [4.78, 5) is 55.6. The third kappa shape index (κ3) is 4.55. The van der Waals surface area contributed by atoms with Crippen molar-refractivity contribution in [3.8, 4) is 0 Å². The second-order valence-electron chi connectivity index (χ2n) is 9.36. The molecule has 3 fully saturated rings. The van der Waals surface area contributed by atoms with E-state index in [1.807, 2.05) is 29.2 Å². The number of nitrogens with zero attached hydrogens (tertiary/aromatic N) is 3. The van der Waals surface area contributed by atoms with Crippen molar-refractivity contribution >= 4 is 29.5 Å². The molecule has 1 saturated carbocycles. The van der Waals surface area contributed by atoms with Gasteiger partial charge >= 0.3 is 6.09 Å². The minimum atomic E-state index is -0.429. The molecule has 3 heterocycles. The molecule has 0 bridgehead atoms. The van der Waals surface area contributed by atoms with Crippen LogP contribution in [-0.4, -0.2) is 72.5 Å². The van der Waals surface area contributed by atoms with E-state index in [0.29, 0.717) is 31.1 Å². The first kappa shape index (κ1) is 22.8. The molecule has 0 radical (unpaired) electrons. The number of aromatic nitrogens is 1. The predicted octanol–water partition coefficient (Wildman–Crippen LogP) is 1.07. The quantitative estimate of drug-likeness (QED) is 0.616. The molecule has 182 valence electrons. The summed E-state index contributed by atoms with van der Waals surface area (Å²) in [6.07, 6.45) is 3.26. The fourth-order valence-electron chi connectivity index (χ4n) is 5.06. The standard InChI is InChI=1S/C25H27N5O5/c1-16(31)27-11-21-14-30(24(34)35-21)20-6-4-18(5-7-20)25-9-19(25)13-29(15-25)22(32)12-28-23(33)17-3-2-8-26-10-17/h2-8,10,19,21H,9,11-15H2,1H3,(H,27,31)(H,28,33). The van der Waals surface area contributed by atoms with Crippen LogP contribution in [0.5, 0.6) is 0 Å². The van der Waals surface area contributed by atoms with Crippen molar-refractivity contribution in [1.82, 2.24) is 20.5 Å². The van der Waals surface area contributed by atoms with Gasteiger partial charge < -0.3 is 20.3 Å². The molecule has 1 aromatic carbocycles. The maximum absolute atomic E-state index is 12.7. The molecule has 3 atom stereocenters. The molecule has 2 aliphatic heterocycles. The first-order chi connectivity index (χ1) is 16.9. The Hall–Kier alpha value is -3.95. The SMILES string of the molecule is CC(=O)NCC1CN(c2ccc(C34CC3CN(C(=O)CNC(=O)c3cccnc3)C4)cc2)C(=O)O1. The maximum atomic E-state index is 12.7. The van der Waals surface area contributed by atoms with E-state index in [4.69, 9.17) is 4.74 Å². The second kappa shape index (κ2) is 9.01. The highest BCUT2D eigenvalue weighted by atomic mass is 16.6. The van der Waals surface area contributed by atoms with Crippen molar-refractivity contribution in [2.45, 2.75) is 24.9 Å². The van der Waals surface area contributed by atoms with Crippen LogP contribution in [0.25, 0.3) is 0 Å². The van der Waals surface area contributed by atoms with Gasteiger partial charge in [-0.1, -0.05) is 12.1 Å². The molecule has 2 aromatic rings.